The first-order valence-corrected chi connectivity index (χ1v) is 12.3. The van der Waals surface area contributed by atoms with Gasteiger partial charge in [0.05, 0.1) is 17.3 Å². The molecule has 0 aromatic heterocycles. The molecule has 0 atom stereocenters. The average Bonchev–Trinajstić information content (AvgIpc) is 2.63. The average molecular weight is 482 g/mol. The predicted octanol–water partition coefficient (Wildman–Crippen LogP) is 4.41. The standard InChI is InChI=1S/C20H23IO4Si/c1-5-9-19(22)25-20-17(21)12-15(13-18(20)23-2)14-24-26(3,4)16-10-7-6-8-11-16/h5-13H,14H2,1-4H3/b9-5-. The second-order valence-corrected chi connectivity index (χ2v) is 11.2. The molecule has 0 heterocycles. The van der Waals surface area contributed by atoms with E-state index in [0.29, 0.717) is 18.1 Å². The third-order valence-corrected chi connectivity index (χ3v) is 7.25. The first-order valence-electron chi connectivity index (χ1n) is 8.27. The van der Waals surface area contributed by atoms with Gasteiger partial charge in [-0.1, -0.05) is 36.4 Å². The molecule has 2 aromatic rings. The summed E-state index contributed by atoms with van der Waals surface area (Å²) < 4.78 is 17.9. The van der Waals surface area contributed by atoms with Gasteiger partial charge in [-0.25, -0.2) is 4.79 Å². The molecular formula is C20H23IO4Si. The van der Waals surface area contributed by atoms with Crippen LogP contribution < -0.4 is 14.7 Å². The van der Waals surface area contributed by atoms with Crippen molar-refractivity contribution in [2.24, 2.45) is 0 Å². The van der Waals surface area contributed by atoms with E-state index in [9.17, 15) is 4.79 Å². The van der Waals surface area contributed by atoms with Gasteiger partial charge >= 0.3 is 5.97 Å². The zero-order valence-electron chi connectivity index (χ0n) is 15.4. The van der Waals surface area contributed by atoms with Crippen LogP contribution in [-0.4, -0.2) is 21.4 Å². The lowest BCUT2D eigenvalue weighted by molar-refractivity contribution is -0.129. The topological polar surface area (TPSA) is 44.8 Å². The molecule has 2 aromatic carbocycles. The van der Waals surface area contributed by atoms with Crippen molar-refractivity contribution in [1.29, 1.82) is 0 Å². The third-order valence-electron chi connectivity index (χ3n) is 3.86. The van der Waals surface area contributed by atoms with Gasteiger partial charge in [0.25, 0.3) is 0 Å². The molecule has 0 aliphatic rings. The van der Waals surface area contributed by atoms with Crippen molar-refractivity contribution in [3.63, 3.8) is 0 Å². The van der Waals surface area contributed by atoms with Crippen LogP contribution in [0.15, 0.2) is 54.6 Å². The SMILES string of the molecule is C/C=C\C(=O)Oc1c(I)cc(CO[Si](C)(C)c2ccccc2)cc1OC. The zero-order valence-corrected chi connectivity index (χ0v) is 18.6. The van der Waals surface area contributed by atoms with Crippen LogP contribution in [0, 0.1) is 3.57 Å². The lowest BCUT2D eigenvalue weighted by Gasteiger charge is -2.24. The van der Waals surface area contributed by atoms with Crippen molar-refractivity contribution in [3.8, 4) is 11.5 Å². The van der Waals surface area contributed by atoms with Gasteiger partial charge in [0.2, 0.25) is 8.32 Å². The third kappa shape index (κ3) is 5.42. The highest BCUT2D eigenvalue weighted by Gasteiger charge is 2.25. The minimum Gasteiger partial charge on any atom is -0.493 e. The van der Waals surface area contributed by atoms with Crippen molar-refractivity contribution in [2.45, 2.75) is 26.6 Å². The second-order valence-electron chi connectivity index (χ2n) is 6.20. The molecule has 0 saturated carbocycles. The number of methoxy groups -OCH3 is 1. The highest BCUT2D eigenvalue weighted by Crippen LogP contribution is 2.34. The van der Waals surface area contributed by atoms with Crippen molar-refractivity contribution >= 4 is 42.1 Å². The van der Waals surface area contributed by atoms with E-state index in [1.807, 2.05) is 30.3 Å². The van der Waals surface area contributed by atoms with Crippen molar-refractivity contribution in [1.82, 2.24) is 0 Å². The largest absolute Gasteiger partial charge is 0.493 e. The molecule has 0 amide bonds. The van der Waals surface area contributed by atoms with E-state index in [1.54, 1.807) is 20.1 Å². The fourth-order valence-electron chi connectivity index (χ4n) is 2.41. The molecule has 0 saturated heterocycles. The van der Waals surface area contributed by atoms with Crippen LogP contribution in [0.2, 0.25) is 13.1 Å². The minimum atomic E-state index is -2.00. The Balaban J connectivity index is 2.18. The van der Waals surface area contributed by atoms with Crippen LogP contribution in [0.25, 0.3) is 0 Å². The monoisotopic (exact) mass is 482 g/mol. The van der Waals surface area contributed by atoms with Crippen LogP contribution >= 0.6 is 22.6 Å². The first kappa shape index (κ1) is 20.7. The van der Waals surface area contributed by atoms with E-state index in [4.69, 9.17) is 13.9 Å². The Kier molecular flexibility index (Phi) is 7.42. The maximum absolute atomic E-state index is 11.7. The first-order chi connectivity index (χ1) is 12.4. The minimum absolute atomic E-state index is 0.426. The molecule has 0 radical (unpaired) electrons. The fraction of sp³-hybridized carbons (Fsp3) is 0.250. The van der Waals surface area contributed by atoms with E-state index in [0.717, 1.165) is 9.13 Å². The molecule has 0 spiro atoms. The highest BCUT2D eigenvalue weighted by molar-refractivity contribution is 14.1. The molecule has 6 heteroatoms. The summed E-state index contributed by atoms with van der Waals surface area (Å²) in [5.41, 5.74) is 0.980. The number of rotatable bonds is 7. The molecular weight excluding hydrogens is 459 g/mol. The molecule has 4 nitrogen and oxygen atoms in total. The summed E-state index contributed by atoms with van der Waals surface area (Å²) in [6.45, 7) is 6.60. The van der Waals surface area contributed by atoms with Gasteiger partial charge in [0.1, 0.15) is 0 Å². The fourth-order valence-corrected chi connectivity index (χ4v) is 4.88. The number of esters is 1. The smallest absolute Gasteiger partial charge is 0.335 e. The Morgan fingerprint density at radius 3 is 2.50 bits per heavy atom. The van der Waals surface area contributed by atoms with Gasteiger partial charge in [-0.05, 0) is 65.5 Å². The molecule has 0 bridgehead atoms. The van der Waals surface area contributed by atoms with Gasteiger partial charge in [-0.3, -0.25) is 0 Å². The lowest BCUT2D eigenvalue weighted by atomic mass is 10.2. The van der Waals surface area contributed by atoms with E-state index >= 15 is 0 Å². The molecule has 0 N–H and O–H groups in total. The van der Waals surface area contributed by atoms with Gasteiger partial charge in [-0.2, -0.15) is 0 Å². The summed E-state index contributed by atoms with van der Waals surface area (Å²) in [6.07, 6.45) is 3.01. The normalized spacial score (nSPS) is 11.6. The Morgan fingerprint density at radius 1 is 1.19 bits per heavy atom. The Hall–Kier alpha value is -1.64. The van der Waals surface area contributed by atoms with Crippen LogP contribution in [0.3, 0.4) is 0 Å². The summed E-state index contributed by atoms with van der Waals surface area (Å²) in [5, 5.41) is 1.25. The quantitative estimate of drug-likeness (QED) is 0.193. The van der Waals surface area contributed by atoms with E-state index in [-0.39, 0.29) is 0 Å². The number of benzene rings is 2. The molecule has 0 aliphatic heterocycles. The van der Waals surface area contributed by atoms with E-state index in [1.165, 1.54) is 11.3 Å². The number of ether oxygens (including phenoxy) is 2. The molecule has 138 valence electrons. The molecule has 0 unspecified atom stereocenters. The zero-order chi connectivity index (χ0) is 19.2. The number of halogens is 1. The van der Waals surface area contributed by atoms with Gasteiger partial charge in [-0.15, -0.1) is 0 Å². The molecule has 0 aliphatic carbocycles. The highest BCUT2D eigenvalue weighted by atomic mass is 127. The summed E-state index contributed by atoms with van der Waals surface area (Å²) in [5.74, 6) is 0.525. The van der Waals surface area contributed by atoms with Crippen molar-refractivity contribution in [3.05, 3.63) is 63.8 Å². The Bertz CT molecular complexity index is 788. The summed E-state index contributed by atoms with van der Waals surface area (Å²) >= 11 is 2.14. The van der Waals surface area contributed by atoms with Crippen LogP contribution in [0.5, 0.6) is 11.5 Å². The van der Waals surface area contributed by atoms with E-state index < -0.39 is 14.3 Å². The summed E-state index contributed by atoms with van der Waals surface area (Å²) in [6, 6.07) is 14.1. The Labute approximate surface area is 169 Å². The van der Waals surface area contributed by atoms with Gasteiger partial charge < -0.3 is 13.9 Å². The van der Waals surface area contributed by atoms with Crippen molar-refractivity contribution in [2.75, 3.05) is 7.11 Å². The summed E-state index contributed by atoms with van der Waals surface area (Å²) in [4.78, 5) is 11.7. The number of allylic oxidation sites excluding steroid dienone is 1. The predicted molar refractivity (Wildman–Crippen MR) is 115 cm³/mol. The van der Waals surface area contributed by atoms with Crippen LogP contribution in [-0.2, 0) is 15.8 Å². The maximum Gasteiger partial charge on any atom is 0.335 e. The maximum atomic E-state index is 11.7. The lowest BCUT2D eigenvalue weighted by Crippen LogP contribution is -2.44. The van der Waals surface area contributed by atoms with Gasteiger partial charge in [0, 0.05) is 6.08 Å². The molecule has 2 rings (SSSR count). The number of hydrogen-bond donors (Lipinski definition) is 0. The van der Waals surface area contributed by atoms with Crippen molar-refractivity contribution < 1.29 is 18.7 Å². The number of carbonyl (C=O) groups excluding carboxylic acids is 1. The van der Waals surface area contributed by atoms with Crippen LogP contribution in [0.4, 0.5) is 0 Å². The van der Waals surface area contributed by atoms with Crippen LogP contribution in [0.1, 0.15) is 12.5 Å². The Morgan fingerprint density at radius 2 is 1.88 bits per heavy atom. The van der Waals surface area contributed by atoms with Gasteiger partial charge in [0.15, 0.2) is 11.5 Å². The number of carbonyl (C=O) groups is 1. The summed E-state index contributed by atoms with van der Waals surface area (Å²) in [7, 11) is -0.434. The molecule has 26 heavy (non-hydrogen) atoms. The second kappa shape index (κ2) is 9.34. The van der Waals surface area contributed by atoms with E-state index in [2.05, 4.69) is 47.8 Å². The number of hydrogen-bond acceptors (Lipinski definition) is 4. The molecule has 0 fully saturated rings.